The number of primary amides is 1. The minimum Gasteiger partial charge on any atom is -0.366 e. The third-order valence-corrected chi connectivity index (χ3v) is 3.83. The Morgan fingerprint density at radius 1 is 0.808 bits per heavy atom. The van der Waals surface area contributed by atoms with E-state index in [0.717, 1.165) is 0 Å². The van der Waals surface area contributed by atoms with Crippen LogP contribution in [0, 0.1) is 11.6 Å². The average Bonchev–Trinajstić information content (AvgIpc) is 2.62. The van der Waals surface area contributed by atoms with Gasteiger partial charge in [0.25, 0.3) is 11.8 Å². The fourth-order valence-electron chi connectivity index (χ4n) is 2.52. The lowest BCUT2D eigenvalue weighted by atomic mass is 10.0. The Labute approximate surface area is 148 Å². The van der Waals surface area contributed by atoms with Crippen molar-refractivity contribution in [3.8, 4) is 11.1 Å². The van der Waals surface area contributed by atoms with E-state index in [1.54, 1.807) is 18.2 Å². The van der Waals surface area contributed by atoms with E-state index < -0.39 is 23.4 Å². The minimum atomic E-state index is -0.735. The van der Waals surface area contributed by atoms with Crippen LogP contribution in [-0.2, 0) is 0 Å². The van der Waals surface area contributed by atoms with Crippen LogP contribution in [0.2, 0.25) is 0 Å². The summed E-state index contributed by atoms with van der Waals surface area (Å²) in [5, 5.41) is 2.49. The Bertz CT molecular complexity index is 985. The molecule has 0 aliphatic carbocycles. The number of anilines is 1. The molecule has 0 aromatic heterocycles. The van der Waals surface area contributed by atoms with E-state index in [4.69, 9.17) is 5.73 Å². The van der Waals surface area contributed by atoms with Gasteiger partial charge in [0.15, 0.2) is 0 Å². The largest absolute Gasteiger partial charge is 0.366 e. The molecule has 3 aromatic rings. The Hall–Kier alpha value is -3.54. The highest BCUT2D eigenvalue weighted by molar-refractivity contribution is 6.08. The van der Waals surface area contributed by atoms with Gasteiger partial charge >= 0.3 is 0 Å². The van der Waals surface area contributed by atoms with Gasteiger partial charge < -0.3 is 11.1 Å². The molecule has 0 fully saturated rings. The summed E-state index contributed by atoms with van der Waals surface area (Å²) in [6.07, 6.45) is 0. The highest BCUT2D eigenvalue weighted by atomic mass is 19.1. The van der Waals surface area contributed by atoms with Crippen molar-refractivity contribution in [1.29, 1.82) is 0 Å². The summed E-state index contributed by atoms with van der Waals surface area (Å²) in [7, 11) is 0. The quantitative estimate of drug-likeness (QED) is 0.745. The third-order valence-electron chi connectivity index (χ3n) is 3.83. The monoisotopic (exact) mass is 352 g/mol. The minimum absolute atomic E-state index is 0.129. The van der Waals surface area contributed by atoms with E-state index in [2.05, 4.69) is 5.32 Å². The van der Waals surface area contributed by atoms with Crippen molar-refractivity contribution >= 4 is 17.5 Å². The summed E-state index contributed by atoms with van der Waals surface area (Å²) in [4.78, 5) is 23.8. The SMILES string of the molecule is NC(=O)c1ccccc1NC(=O)c1ccc(-c2ccc(F)cc2)cc1F. The summed E-state index contributed by atoms with van der Waals surface area (Å²) in [6.45, 7) is 0. The molecule has 26 heavy (non-hydrogen) atoms. The number of nitrogens with two attached hydrogens (primary N) is 1. The topological polar surface area (TPSA) is 72.2 Å². The van der Waals surface area contributed by atoms with Crippen molar-refractivity contribution < 1.29 is 18.4 Å². The second-order valence-corrected chi connectivity index (χ2v) is 5.57. The maximum absolute atomic E-state index is 14.4. The van der Waals surface area contributed by atoms with E-state index >= 15 is 0 Å². The number of halogens is 2. The number of amides is 2. The van der Waals surface area contributed by atoms with Crippen molar-refractivity contribution in [1.82, 2.24) is 0 Å². The molecule has 6 heteroatoms. The Kier molecular flexibility index (Phi) is 4.75. The molecule has 0 saturated carbocycles. The summed E-state index contributed by atoms with van der Waals surface area (Å²) in [6, 6.07) is 15.9. The van der Waals surface area contributed by atoms with Gasteiger partial charge in [-0.2, -0.15) is 0 Å². The smallest absolute Gasteiger partial charge is 0.258 e. The fourth-order valence-corrected chi connectivity index (χ4v) is 2.52. The zero-order valence-electron chi connectivity index (χ0n) is 13.5. The van der Waals surface area contributed by atoms with Crippen LogP contribution in [0.15, 0.2) is 66.7 Å². The van der Waals surface area contributed by atoms with Gasteiger partial charge in [-0.25, -0.2) is 8.78 Å². The van der Waals surface area contributed by atoms with Crippen LogP contribution in [0.5, 0.6) is 0 Å². The van der Waals surface area contributed by atoms with Gasteiger partial charge in [0.2, 0.25) is 0 Å². The maximum Gasteiger partial charge on any atom is 0.258 e. The lowest BCUT2D eigenvalue weighted by molar-refractivity contribution is 0.100. The van der Waals surface area contributed by atoms with Crippen molar-refractivity contribution in [2.24, 2.45) is 5.73 Å². The molecule has 0 spiro atoms. The molecular formula is C20H14F2N2O2. The number of hydrogen-bond acceptors (Lipinski definition) is 2. The normalized spacial score (nSPS) is 10.4. The molecule has 0 radical (unpaired) electrons. The summed E-state index contributed by atoms with van der Waals surface area (Å²) in [5.41, 5.74) is 6.54. The molecule has 0 aliphatic heterocycles. The summed E-state index contributed by atoms with van der Waals surface area (Å²) < 4.78 is 27.4. The molecule has 130 valence electrons. The zero-order valence-corrected chi connectivity index (χ0v) is 13.5. The molecule has 0 saturated heterocycles. The number of hydrogen-bond donors (Lipinski definition) is 2. The molecule has 0 atom stereocenters. The van der Waals surface area contributed by atoms with Crippen LogP contribution < -0.4 is 11.1 Å². The van der Waals surface area contributed by atoms with Gasteiger partial charge in [-0.05, 0) is 47.5 Å². The Morgan fingerprint density at radius 3 is 2.12 bits per heavy atom. The lowest BCUT2D eigenvalue weighted by Crippen LogP contribution is -2.19. The van der Waals surface area contributed by atoms with Gasteiger partial charge in [-0.3, -0.25) is 9.59 Å². The molecule has 3 N–H and O–H groups in total. The van der Waals surface area contributed by atoms with Gasteiger partial charge in [0.1, 0.15) is 11.6 Å². The van der Waals surface area contributed by atoms with E-state index in [0.29, 0.717) is 11.1 Å². The van der Waals surface area contributed by atoms with Gasteiger partial charge in [0.05, 0.1) is 16.8 Å². The Balaban J connectivity index is 1.87. The van der Waals surface area contributed by atoms with Crippen LogP contribution in [0.25, 0.3) is 11.1 Å². The molecule has 0 unspecified atom stereocenters. The lowest BCUT2D eigenvalue weighted by Gasteiger charge is -2.10. The first-order valence-corrected chi connectivity index (χ1v) is 7.71. The highest BCUT2D eigenvalue weighted by Crippen LogP contribution is 2.23. The molecule has 0 bridgehead atoms. The van der Waals surface area contributed by atoms with E-state index in [1.807, 2.05) is 0 Å². The predicted octanol–water partition coefficient (Wildman–Crippen LogP) is 3.98. The second-order valence-electron chi connectivity index (χ2n) is 5.57. The van der Waals surface area contributed by atoms with E-state index in [-0.39, 0.29) is 16.8 Å². The Morgan fingerprint density at radius 2 is 1.46 bits per heavy atom. The number of rotatable bonds is 4. The van der Waals surface area contributed by atoms with Gasteiger partial charge in [-0.1, -0.05) is 30.3 Å². The first-order chi connectivity index (χ1) is 12.5. The molecule has 3 aromatic carbocycles. The second kappa shape index (κ2) is 7.14. The molecule has 0 aliphatic rings. The molecule has 3 rings (SSSR count). The number of nitrogens with one attached hydrogen (secondary N) is 1. The van der Waals surface area contributed by atoms with E-state index in [1.165, 1.54) is 48.5 Å². The summed E-state index contributed by atoms with van der Waals surface area (Å²) >= 11 is 0. The number of benzene rings is 3. The maximum atomic E-state index is 14.4. The van der Waals surface area contributed by atoms with Crippen LogP contribution in [0.4, 0.5) is 14.5 Å². The first kappa shape index (κ1) is 17.3. The molecule has 2 amide bonds. The van der Waals surface area contributed by atoms with Crippen LogP contribution in [-0.4, -0.2) is 11.8 Å². The van der Waals surface area contributed by atoms with Gasteiger partial charge in [0, 0.05) is 0 Å². The number of carbonyl (C=O) groups excluding carboxylic acids is 2. The van der Waals surface area contributed by atoms with Crippen molar-refractivity contribution in [2.45, 2.75) is 0 Å². The predicted molar refractivity (Wildman–Crippen MR) is 94.7 cm³/mol. The van der Waals surface area contributed by atoms with Crippen molar-refractivity contribution in [3.05, 3.63) is 89.5 Å². The molecule has 4 nitrogen and oxygen atoms in total. The fraction of sp³-hybridized carbons (Fsp3) is 0. The third kappa shape index (κ3) is 3.59. The summed E-state index contributed by atoms with van der Waals surface area (Å²) in [5.74, 6) is -2.53. The van der Waals surface area contributed by atoms with Gasteiger partial charge in [-0.15, -0.1) is 0 Å². The van der Waals surface area contributed by atoms with Crippen molar-refractivity contribution in [3.63, 3.8) is 0 Å². The first-order valence-electron chi connectivity index (χ1n) is 7.71. The molecule has 0 heterocycles. The average molecular weight is 352 g/mol. The molecular weight excluding hydrogens is 338 g/mol. The van der Waals surface area contributed by atoms with E-state index in [9.17, 15) is 18.4 Å². The highest BCUT2D eigenvalue weighted by Gasteiger charge is 2.16. The van der Waals surface area contributed by atoms with Crippen LogP contribution >= 0.6 is 0 Å². The zero-order chi connectivity index (χ0) is 18.7. The number of para-hydroxylation sites is 1. The van der Waals surface area contributed by atoms with Crippen molar-refractivity contribution in [2.75, 3.05) is 5.32 Å². The van der Waals surface area contributed by atoms with Crippen LogP contribution in [0.3, 0.4) is 0 Å². The van der Waals surface area contributed by atoms with Crippen LogP contribution in [0.1, 0.15) is 20.7 Å². The number of carbonyl (C=O) groups is 2. The standard InChI is InChI=1S/C20H14F2N2O2/c21-14-8-5-12(6-9-14)13-7-10-15(17(22)11-13)20(26)24-18-4-2-1-3-16(18)19(23)25/h1-11H,(H2,23,25)(H,24,26).